The highest BCUT2D eigenvalue weighted by Gasteiger charge is 2.47. The van der Waals surface area contributed by atoms with Crippen molar-refractivity contribution in [2.45, 2.75) is 32.7 Å². The molecule has 1 atom stereocenters. The van der Waals surface area contributed by atoms with Gasteiger partial charge in [-0.2, -0.15) is 0 Å². The van der Waals surface area contributed by atoms with Gasteiger partial charge in [0.15, 0.2) is 0 Å². The van der Waals surface area contributed by atoms with Crippen LogP contribution in [0.5, 0.6) is 0 Å². The summed E-state index contributed by atoms with van der Waals surface area (Å²) in [5.41, 5.74) is 0.670. The van der Waals surface area contributed by atoms with Crippen molar-refractivity contribution in [1.29, 1.82) is 0 Å². The molecule has 3 rings (SSSR count). The molecule has 2 heterocycles. The van der Waals surface area contributed by atoms with Gasteiger partial charge in [-0.25, -0.2) is 0 Å². The fraction of sp³-hybridized carbons (Fsp3) is 1.00. The maximum absolute atomic E-state index is 3.52. The molecule has 0 radical (unpaired) electrons. The quantitative estimate of drug-likeness (QED) is 0.516. The Morgan fingerprint density at radius 3 is 2.44 bits per heavy atom. The van der Waals surface area contributed by atoms with Crippen LogP contribution < -0.4 is 5.32 Å². The Kier molecular flexibility index (Phi) is 0.963. The monoisotopic (exact) mass is 125 g/mol. The van der Waals surface area contributed by atoms with Gasteiger partial charge in [0.2, 0.25) is 0 Å². The summed E-state index contributed by atoms with van der Waals surface area (Å²) in [6.45, 7) is 5.99. The first-order chi connectivity index (χ1) is 4.21. The lowest BCUT2D eigenvalue weighted by Gasteiger charge is -2.55. The summed E-state index contributed by atoms with van der Waals surface area (Å²) < 4.78 is 0. The molecule has 2 saturated heterocycles. The van der Waals surface area contributed by atoms with Crippen LogP contribution in [0.3, 0.4) is 0 Å². The molecular formula is C8H15N. The van der Waals surface area contributed by atoms with E-state index in [9.17, 15) is 0 Å². The summed E-state index contributed by atoms with van der Waals surface area (Å²) in [5.74, 6) is 1.02. The molecule has 1 saturated carbocycles. The molecule has 1 aliphatic carbocycles. The first-order valence-corrected chi connectivity index (χ1v) is 3.94. The molecule has 0 spiro atoms. The first kappa shape index (κ1) is 5.72. The zero-order valence-corrected chi connectivity index (χ0v) is 6.28. The fourth-order valence-electron chi connectivity index (χ4n) is 2.35. The number of piperidine rings is 2. The van der Waals surface area contributed by atoms with Gasteiger partial charge >= 0.3 is 0 Å². The summed E-state index contributed by atoms with van der Waals surface area (Å²) in [7, 11) is 0. The van der Waals surface area contributed by atoms with Crippen LogP contribution in [-0.2, 0) is 0 Å². The molecule has 0 amide bonds. The van der Waals surface area contributed by atoms with Crippen molar-refractivity contribution < 1.29 is 0 Å². The van der Waals surface area contributed by atoms with E-state index in [2.05, 4.69) is 19.2 Å². The predicted molar refractivity (Wildman–Crippen MR) is 38.3 cm³/mol. The number of rotatable bonds is 0. The third kappa shape index (κ3) is 0.644. The van der Waals surface area contributed by atoms with Crippen molar-refractivity contribution in [3.63, 3.8) is 0 Å². The lowest BCUT2D eigenvalue weighted by atomic mass is 9.57. The van der Waals surface area contributed by atoms with E-state index < -0.39 is 0 Å². The van der Waals surface area contributed by atoms with E-state index in [1.807, 2.05) is 0 Å². The lowest BCUT2D eigenvalue weighted by Crippen LogP contribution is -2.58. The summed E-state index contributed by atoms with van der Waals surface area (Å²) in [5, 5.41) is 3.52. The van der Waals surface area contributed by atoms with Gasteiger partial charge in [0.1, 0.15) is 0 Å². The van der Waals surface area contributed by atoms with Crippen molar-refractivity contribution in [3.05, 3.63) is 0 Å². The third-order valence-electron chi connectivity index (χ3n) is 3.27. The molecule has 0 aromatic carbocycles. The zero-order chi connectivity index (χ0) is 6.48. The van der Waals surface area contributed by atoms with Gasteiger partial charge in [0.05, 0.1) is 0 Å². The molecule has 1 nitrogen and oxygen atoms in total. The maximum atomic E-state index is 3.52. The second kappa shape index (κ2) is 1.51. The van der Waals surface area contributed by atoms with Crippen LogP contribution in [0.2, 0.25) is 0 Å². The van der Waals surface area contributed by atoms with E-state index in [4.69, 9.17) is 0 Å². The molecule has 52 valence electrons. The van der Waals surface area contributed by atoms with Crippen LogP contribution in [0.1, 0.15) is 26.7 Å². The van der Waals surface area contributed by atoms with Gasteiger partial charge in [0, 0.05) is 6.04 Å². The zero-order valence-electron chi connectivity index (χ0n) is 6.28. The van der Waals surface area contributed by atoms with E-state index in [1.165, 1.54) is 19.4 Å². The van der Waals surface area contributed by atoms with Crippen molar-refractivity contribution >= 4 is 0 Å². The third-order valence-corrected chi connectivity index (χ3v) is 3.27. The van der Waals surface area contributed by atoms with E-state index >= 15 is 0 Å². The van der Waals surface area contributed by atoms with Crippen molar-refractivity contribution in [2.75, 3.05) is 6.54 Å². The van der Waals surface area contributed by atoms with E-state index in [0.29, 0.717) is 5.41 Å². The molecule has 1 unspecified atom stereocenters. The molecule has 3 fully saturated rings. The Morgan fingerprint density at radius 1 is 1.44 bits per heavy atom. The van der Waals surface area contributed by atoms with Crippen molar-refractivity contribution in [2.24, 2.45) is 11.3 Å². The average Bonchev–Trinajstić information content (AvgIpc) is 1.73. The molecule has 0 aromatic heterocycles. The number of fused-ring (bicyclic) bond motifs is 2. The van der Waals surface area contributed by atoms with Crippen molar-refractivity contribution in [3.8, 4) is 0 Å². The van der Waals surface area contributed by atoms with E-state index in [1.54, 1.807) is 0 Å². The minimum absolute atomic E-state index is 0.670. The van der Waals surface area contributed by atoms with Crippen LogP contribution >= 0.6 is 0 Å². The standard InChI is InChI=1S/C8H15N/c1-6-8(2)3-7(4-8)5-9-6/h6-7,9H,3-5H2,1-2H3. The summed E-state index contributed by atoms with van der Waals surface area (Å²) in [6.07, 6.45) is 2.95. The maximum Gasteiger partial charge on any atom is 0.00928 e. The Morgan fingerprint density at radius 2 is 2.11 bits per heavy atom. The number of hydrogen-bond donors (Lipinski definition) is 1. The molecule has 1 N–H and O–H groups in total. The molecule has 2 bridgehead atoms. The second-order valence-electron chi connectivity index (χ2n) is 4.06. The van der Waals surface area contributed by atoms with E-state index in [-0.39, 0.29) is 0 Å². The molecule has 3 aliphatic rings. The highest BCUT2D eigenvalue weighted by molar-refractivity contribution is 5.01. The minimum atomic E-state index is 0.670. The largest absolute Gasteiger partial charge is 0.313 e. The Hall–Kier alpha value is -0.0400. The molecule has 0 aromatic rings. The number of hydrogen-bond acceptors (Lipinski definition) is 1. The summed E-state index contributed by atoms with van der Waals surface area (Å²) in [4.78, 5) is 0. The van der Waals surface area contributed by atoms with Crippen LogP contribution in [0.4, 0.5) is 0 Å². The number of nitrogens with one attached hydrogen (secondary N) is 1. The van der Waals surface area contributed by atoms with Crippen molar-refractivity contribution in [1.82, 2.24) is 5.32 Å². The SMILES string of the molecule is CC1NCC2CC1(C)C2. The Balaban J connectivity index is 2.11. The van der Waals surface area contributed by atoms with Gasteiger partial charge in [0.25, 0.3) is 0 Å². The molecule has 1 heteroatoms. The van der Waals surface area contributed by atoms with Crippen LogP contribution in [0.25, 0.3) is 0 Å². The second-order valence-corrected chi connectivity index (χ2v) is 4.06. The van der Waals surface area contributed by atoms with E-state index in [0.717, 1.165) is 12.0 Å². The smallest absolute Gasteiger partial charge is 0.00928 e. The molecule has 2 aliphatic heterocycles. The van der Waals surface area contributed by atoms with Gasteiger partial charge in [-0.1, -0.05) is 6.92 Å². The van der Waals surface area contributed by atoms with Gasteiger partial charge in [-0.3, -0.25) is 0 Å². The summed E-state index contributed by atoms with van der Waals surface area (Å²) >= 11 is 0. The van der Waals surface area contributed by atoms with Crippen LogP contribution in [0.15, 0.2) is 0 Å². The highest BCUT2D eigenvalue weighted by atomic mass is 15.0. The Labute approximate surface area is 56.8 Å². The minimum Gasteiger partial charge on any atom is -0.313 e. The lowest BCUT2D eigenvalue weighted by molar-refractivity contribution is -0.00798. The first-order valence-electron chi connectivity index (χ1n) is 3.94. The molecule has 9 heavy (non-hydrogen) atoms. The van der Waals surface area contributed by atoms with Crippen LogP contribution in [-0.4, -0.2) is 12.6 Å². The topological polar surface area (TPSA) is 12.0 Å². The highest BCUT2D eigenvalue weighted by Crippen LogP contribution is 2.50. The van der Waals surface area contributed by atoms with Gasteiger partial charge in [-0.05, 0) is 37.6 Å². The Bertz CT molecular complexity index is 125. The predicted octanol–water partition coefficient (Wildman–Crippen LogP) is 1.39. The van der Waals surface area contributed by atoms with Gasteiger partial charge < -0.3 is 5.32 Å². The average molecular weight is 125 g/mol. The normalized spacial score (nSPS) is 56.7. The fourth-order valence-corrected chi connectivity index (χ4v) is 2.35. The van der Waals surface area contributed by atoms with Crippen LogP contribution in [0, 0.1) is 11.3 Å². The summed E-state index contributed by atoms with van der Waals surface area (Å²) in [6, 6.07) is 0.766. The molecular weight excluding hydrogens is 110 g/mol. The van der Waals surface area contributed by atoms with Gasteiger partial charge in [-0.15, -0.1) is 0 Å².